The number of pyridine rings is 2. The predicted octanol–water partition coefficient (Wildman–Crippen LogP) is 6.40. The first kappa shape index (κ1) is 18.3. The minimum atomic E-state index is -0.138. The van der Waals surface area contributed by atoms with Crippen LogP contribution in [-0.2, 0) is 12.5 Å². The maximum absolute atomic E-state index is 6.76. The van der Waals surface area contributed by atoms with Crippen LogP contribution in [0.5, 0.6) is 0 Å². The number of hydrogen-bond acceptors (Lipinski definition) is 2. The summed E-state index contributed by atoms with van der Waals surface area (Å²) in [7, 11) is 2.10. The number of rotatable bonds is 1. The molecule has 3 aromatic heterocycles. The number of fused-ring (bicyclic) bond motifs is 7. The van der Waals surface area contributed by atoms with Gasteiger partial charge in [0.15, 0.2) is 6.20 Å². The van der Waals surface area contributed by atoms with Crippen molar-refractivity contribution in [2.75, 3.05) is 0 Å². The molecule has 3 heteroatoms. The summed E-state index contributed by atoms with van der Waals surface area (Å²) in [5, 5.41) is 2.33. The molecule has 3 nitrogen and oxygen atoms in total. The van der Waals surface area contributed by atoms with E-state index in [9.17, 15) is 0 Å². The number of nitrogens with zero attached hydrogens (tertiary/aromatic N) is 2. The minimum absolute atomic E-state index is 0.138. The van der Waals surface area contributed by atoms with Crippen LogP contribution < -0.4 is 4.57 Å². The number of aryl methyl sites for hydroxylation is 3. The standard InChI is InChI=1S/C28H25N2O/c1-16-8-13-22(30(5)15-16)23-17(2)9-10-18-19-11-12-21-24(26(19)31-25(18)23)20-7-6-14-29-27(20)28(21,3)4/h6-15H,1-5H3/q+1. The maximum atomic E-state index is 6.76. The lowest BCUT2D eigenvalue weighted by atomic mass is 9.85. The van der Waals surface area contributed by atoms with Crippen molar-refractivity contribution in [2.24, 2.45) is 7.05 Å². The van der Waals surface area contributed by atoms with Gasteiger partial charge < -0.3 is 4.42 Å². The monoisotopic (exact) mass is 405 g/mol. The van der Waals surface area contributed by atoms with Crippen LogP contribution in [0.25, 0.3) is 44.3 Å². The summed E-state index contributed by atoms with van der Waals surface area (Å²) in [5.74, 6) is 0. The zero-order valence-corrected chi connectivity index (χ0v) is 18.6. The van der Waals surface area contributed by atoms with Gasteiger partial charge in [-0.3, -0.25) is 4.98 Å². The molecule has 0 fully saturated rings. The van der Waals surface area contributed by atoms with Crippen LogP contribution in [-0.4, -0.2) is 4.98 Å². The minimum Gasteiger partial charge on any atom is -0.454 e. The van der Waals surface area contributed by atoms with Crippen molar-refractivity contribution in [1.29, 1.82) is 0 Å². The highest BCUT2D eigenvalue weighted by Crippen LogP contribution is 2.52. The van der Waals surface area contributed by atoms with E-state index in [1.807, 2.05) is 12.3 Å². The molecule has 6 rings (SSSR count). The quantitative estimate of drug-likeness (QED) is 0.302. The van der Waals surface area contributed by atoms with Gasteiger partial charge in [0.1, 0.15) is 18.2 Å². The summed E-state index contributed by atoms with van der Waals surface area (Å²) in [6, 6.07) is 17.4. The Balaban J connectivity index is 1.75. The third-order valence-corrected chi connectivity index (χ3v) is 6.90. The fourth-order valence-electron chi connectivity index (χ4n) is 5.35. The highest BCUT2D eigenvalue weighted by molar-refractivity contribution is 6.14. The van der Waals surface area contributed by atoms with E-state index in [4.69, 9.17) is 9.40 Å². The van der Waals surface area contributed by atoms with E-state index in [0.29, 0.717) is 0 Å². The number of hydrogen-bond donors (Lipinski definition) is 0. The number of furan rings is 1. The summed E-state index contributed by atoms with van der Waals surface area (Å²) in [6.45, 7) is 8.78. The van der Waals surface area contributed by atoms with Crippen molar-refractivity contribution in [3.05, 3.63) is 83.3 Å². The van der Waals surface area contributed by atoms with E-state index < -0.39 is 0 Å². The van der Waals surface area contributed by atoms with Gasteiger partial charge in [0.05, 0.1) is 11.3 Å². The second-order valence-corrected chi connectivity index (χ2v) is 9.33. The van der Waals surface area contributed by atoms with Crippen LogP contribution in [0, 0.1) is 13.8 Å². The summed E-state index contributed by atoms with van der Waals surface area (Å²) < 4.78 is 8.95. The molecule has 1 aliphatic carbocycles. The average molecular weight is 406 g/mol. The van der Waals surface area contributed by atoms with E-state index in [1.54, 1.807) is 0 Å². The lowest BCUT2D eigenvalue weighted by Gasteiger charge is -2.19. The molecule has 3 heterocycles. The Morgan fingerprint density at radius 3 is 2.39 bits per heavy atom. The SMILES string of the molecule is Cc1ccc(-c2c(C)ccc3c2oc2c4c(ccc23)C(C)(C)c2ncccc2-4)[n+](C)c1. The zero-order chi connectivity index (χ0) is 21.5. The molecular formula is C28H25N2O+. The molecule has 0 amide bonds. The molecule has 2 aromatic carbocycles. The Morgan fingerprint density at radius 2 is 1.61 bits per heavy atom. The van der Waals surface area contributed by atoms with Crippen LogP contribution in [0.1, 0.15) is 36.2 Å². The molecule has 0 N–H and O–H groups in total. The fourth-order valence-corrected chi connectivity index (χ4v) is 5.35. The third kappa shape index (κ3) is 2.35. The van der Waals surface area contributed by atoms with E-state index in [2.05, 4.69) is 88.0 Å². The molecule has 0 unspecified atom stereocenters. The molecule has 0 radical (unpaired) electrons. The molecule has 0 saturated heterocycles. The molecule has 0 atom stereocenters. The van der Waals surface area contributed by atoms with Crippen LogP contribution >= 0.6 is 0 Å². The maximum Gasteiger partial charge on any atom is 0.216 e. The molecular weight excluding hydrogens is 380 g/mol. The van der Waals surface area contributed by atoms with Crippen LogP contribution in [0.3, 0.4) is 0 Å². The first-order valence-electron chi connectivity index (χ1n) is 10.8. The molecule has 0 bridgehead atoms. The van der Waals surface area contributed by atoms with Crippen molar-refractivity contribution in [2.45, 2.75) is 33.1 Å². The molecule has 0 saturated carbocycles. The lowest BCUT2D eigenvalue weighted by Crippen LogP contribution is -2.31. The molecule has 0 spiro atoms. The second-order valence-electron chi connectivity index (χ2n) is 9.33. The number of benzene rings is 2. The summed E-state index contributed by atoms with van der Waals surface area (Å²) in [4.78, 5) is 4.74. The Bertz CT molecular complexity index is 1540. The predicted molar refractivity (Wildman–Crippen MR) is 125 cm³/mol. The third-order valence-electron chi connectivity index (χ3n) is 6.90. The van der Waals surface area contributed by atoms with Gasteiger partial charge >= 0.3 is 0 Å². The van der Waals surface area contributed by atoms with E-state index in [0.717, 1.165) is 38.9 Å². The topological polar surface area (TPSA) is 29.9 Å². The van der Waals surface area contributed by atoms with Gasteiger partial charge in [0.25, 0.3) is 0 Å². The van der Waals surface area contributed by atoms with Crippen molar-refractivity contribution >= 4 is 21.9 Å². The summed E-state index contributed by atoms with van der Waals surface area (Å²) in [6.07, 6.45) is 4.06. The Kier molecular flexibility index (Phi) is 3.57. The van der Waals surface area contributed by atoms with Crippen molar-refractivity contribution in [3.63, 3.8) is 0 Å². The van der Waals surface area contributed by atoms with Gasteiger partial charge in [-0.25, -0.2) is 4.57 Å². The van der Waals surface area contributed by atoms with Gasteiger partial charge in [-0.1, -0.05) is 44.2 Å². The highest BCUT2D eigenvalue weighted by Gasteiger charge is 2.39. The smallest absolute Gasteiger partial charge is 0.216 e. The molecule has 0 aliphatic heterocycles. The second kappa shape index (κ2) is 6.04. The van der Waals surface area contributed by atoms with Crippen LogP contribution in [0.2, 0.25) is 0 Å². The highest BCUT2D eigenvalue weighted by atomic mass is 16.3. The first-order valence-corrected chi connectivity index (χ1v) is 10.8. The fraction of sp³-hybridized carbons (Fsp3) is 0.214. The number of aromatic nitrogens is 2. The molecule has 152 valence electrons. The van der Waals surface area contributed by atoms with E-state index >= 15 is 0 Å². The van der Waals surface area contributed by atoms with Gasteiger partial charge in [0.2, 0.25) is 5.69 Å². The van der Waals surface area contributed by atoms with Crippen LogP contribution in [0.15, 0.2) is 65.3 Å². The largest absolute Gasteiger partial charge is 0.454 e. The van der Waals surface area contributed by atoms with Crippen LogP contribution in [0.4, 0.5) is 0 Å². The van der Waals surface area contributed by atoms with Crippen molar-refractivity contribution in [1.82, 2.24) is 4.98 Å². The van der Waals surface area contributed by atoms with E-state index in [-0.39, 0.29) is 5.41 Å². The van der Waals surface area contributed by atoms with Gasteiger partial charge in [-0.15, -0.1) is 0 Å². The molecule has 31 heavy (non-hydrogen) atoms. The van der Waals surface area contributed by atoms with Crippen molar-refractivity contribution < 1.29 is 8.98 Å². The van der Waals surface area contributed by atoms with E-state index in [1.165, 1.54) is 27.8 Å². The van der Waals surface area contributed by atoms with Crippen molar-refractivity contribution in [3.8, 4) is 22.4 Å². The van der Waals surface area contributed by atoms with Gasteiger partial charge in [0, 0.05) is 45.1 Å². The molecule has 5 aromatic rings. The Hall–Kier alpha value is -3.46. The zero-order valence-electron chi connectivity index (χ0n) is 18.6. The van der Waals surface area contributed by atoms with Gasteiger partial charge in [-0.05, 0) is 37.1 Å². The Labute approximate surface area is 182 Å². The summed E-state index contributed by atoms with van der Waals surface area (Å²) >= 11 is 0. The van der Waals surface area contributed by atoms with Gasteiger partial charge in [-0.2, -0.15) is 0 Å². The first-order chi connectivity index (χ1) is 14.9. The Morgan fingerprint density at radius 1 is 0.871 bits per heavy atom. The lowest BCUT2D eigenvalue weighted by molar-refractivity contribution is -0.660. The normalized spacial score (nSPS) is 14.2. The molecule has 1 aliphatic rings. The summed E-state index contributed by atoms with van der Waals surface area (Å²) in [5.41, 5.74) is 11.3. The average Bonchev–Trinajstić information content (AvgIpc) is 3.22.